The number of aromatic carboxylic acids is 1. The summed E-state index contributed by atoms with van der Waals surface area (Å²) in [5, 5.41) is 13.0. The van der Waals surface area contributed by atoms with Gasteiger partial charge in [0.15, 0.2) is 6.10 Å². The summed E-state index contributed by atoms with van der Waals surface area (Å²) in [5.41, 5.74) is 5.07. The number of carboxylic acid groups (broad SMARTS) is 1. The third-order valence-electron chi connectivity index (χ3n) is 3.74. The van der Waals surface area contributed by atoms with Gasteiger partial charge >= 0.3 is 5.97 Å². The molecular formula is C18H20N2O4S. The number of hydrogen-bond acceptors (Lipinski definition) is 5. The number of nitrogens with one attached hydrogen (secondary N) is 1. The molecule has 1 heterocycles. The molecule has 0 unspecified atom stereocenters. The lowest BCUT2D eigenvalue weighted by atomic mass is 10.1. The fourth-order valence-corrected chi connectivity index (χ4v) is 2.82. The molecule has 0 fully saturated rings. The summed E-state index contributed by atoms with van der Waals surface area (Å²) in [6.07, 6.45) is -0.713. The Morgan fingerprint density at radius 1 is 1.20 bits per heavy atom. The van der Waals surface area contributed by atoms with E-state index in [1.54, 1.807) is 19.9 Å². The molecule has 7 heteroatoms. The first kappa shape index (κ1) is 18.7. The van der Waals surface area contributed by atoms with Crippen molar-refractivity contribution in [2.24, 2.45) is 5.10 Å². The maximum Gasteiger partial charge on any atom is 0.345 e. The Balaban J connectivity index is 2.00. The molecule has 0 saturated heterocycles. The highest BCUT2D eigenvalue weighted by atomic mass is 32.1. The highest BCUT2D eigenvalue weighted by molar-refractivity contribution is 7.15. The maximum absolute atomic E-state index is 12.2. The van der Waals surface area contributed by atoms with E-state index in [-0.39, 0.29) is 10.8 Å². The van der Waals surface area contributed by atoms with Crippen LogP contribution < -0.4 is 10.2 Å². The smallest absolute Gasteiger partial charge is 0.345 e. The van der Waals surface area contributed by atoms with E-state index < -0.39 is 12.1 Å². The number of nitrogens with zero attached hydrogens (tertiary/aromatic N) is 1. The van der Waals surface area contributed by atoms with Crippen LogP contribution >= 0.6 is 11.3 Å². The summed E-state index contributed by atoms with van der Waals surface area (Å²) >= 11 is 1.10. The van der Waals surface area contributed by atoms with Crippen molar-refractivity contribution in [3.8, 4) is 5.75 Å². The Bertz CT molecular complexity index is 826. The second-order valence-corrected chi connectivity index (χ2v) is 6.68. The fraction of sp³-hybridized carbons (Fsp3) is 0.278. The van der Waals surface area contributed by atoms with Gasteiger partial charge < -0.3 is 9.84 Å². The minimum Gasteiger partial charge on any atom is -0.481 e. The van der Waals surface area contributed by atoms with E-state index >= 15 is 0 Å². The molecule has 2 rings (SSSR count). The number of carboxylic acids is 1. The van der Waals surface area contributed by atoms with Crippen LogP contribution in [0.3, 0.4) is 0 Å². The largest absolute Gasteiger partial charge is 0.481 e. The zero-order valence-electron chi connectivity index (χ0n) is 14.5. The third-order valence-corrected chi connectivity index (χ3v) is 4.92. The van der Waals surface area contributed by atoms with E-state index in [0.29, 0.717) is 16.3 Å². The Morgan fingerprint density at radius 3 is 2.52 bits per heavy atom. The topological polar surface area (TPSA) is 88.0 Å². The molecule has 2 aromatic rings. The lowest BCUT2D eigenvalue weighted by Crippen LogP contribution is -2.34. The van der Waals surface area contributed by atoms with Gasteiger partial charge in [0.1, 0.15) is 10.6 Å². The number of aryl methyl sites for hydroxylation is 1. The molecule has 0 spiro atoms. The van der Waals surface area contributed by atoms with Crippen LogP contribution in [0.5, 0.6) is 5.75 Å². The molecule has 0 aliphatic carbocycles. The molecular weight excluding hydrogens is 340 g/mol. The first-order valence-electron chi connectivity index (χ1n) is 7.70. The SMILES string of the molecule is C/C(=N/NC(=O)[C@H](C)Oc1cccc(C)c1C)c1ccc(C(=O)O)s1. The van der Waals surface area contributed by atoms with Gasteiger partial charge in [-0.15, -0.1) is 11.3 Å². The average molecular weight is 360 g/mol. The van der Waals surface area contributed by atoms with Crippen molar-refractivity contribution in [3.63, 3.8) is 0 Å². The van der Waals surface area contributed by atoms with Crippen LogP contribution in [0.2, 0.25) is 0 Å². The van der Waals surface area contributed by atoms with E-state index in [2.05, 4.69) is 10.5 Å². The van der Waals surface area contributed by atoms with Gasteiger partial charge in [-0.05, 0) is 57.0 Å². The molecule has 132 valence electrons. The van der Waals surface area contributed by atoms with Gasteiger partial charge in [-0.2, -0.15) is 5.10 Å². The monoisotopic (exact) mass is 360 g/mol. The summed E-state index contributed by atoms with van der Waals surface area (Å²) in [5.74, 6) is -0.702. The first-order chi connectivity index (χ1) is 11.8. The molecule has 6 nitrogen and oxygen atoms in total. The van der Waals surface area contributed by atoms with Crippen LogP contribution in [0.15, 0.2) is 35.4 Å². The fourth-order valence-electron chi connectivity index (χ4n) is 2.03. The van der Waals surface area contributed by atoms with Gasteiger partial charge in [0.05, 0.1) is 10.6 Å². The lowest BCUT2D eigenvalue weighted by Gasteiger charge is -2.16. The predicted molar refractivity (Wildman–Crippen MR) is 97.6 cm³/mol. The van der Waals surface area contributed by atoms with Crippen molar-refractivity contribution in [1.29, 1.82) is 0 Å². The van der Waals surface area contributed by atoms with Crippen molar-refractivity contribution in [2.75, 3.05) is 0 Å². The van der Waals surface area contributed by atoms with Crippen LogP contribution in [0, 0.1) is 13.8 Å². The number of rotatable bonds is 6. The second-order valence-electron chi connectivity index (χ2n) is 5.60. The zero-order valence-corrected chi connectivity index (χ0v) is 15.3. The molecule has 1 amide bonds. The number of hydrogen-bond donors (Lipinski definition) is 2. The number of hydrazone groups is 1. The van der Waals surface area contributed by atoms with E-state index in [1.165, 1.54) is 6.07 Å². The number of ether oxygens (including phenoxy) is 1. The lowest BCUT2D eigenvalue weighted by molar-refractivity contribution is -0.127. The zero-order chi connectivity index (χ0) is 18.6. The number of carbonyl (C=O) groups excluding carboxylic acids is 1. The molecule has 25 heavy (non-hydrogen) atoms. The molecule has 1 aromatic carbocycles. The van der Waals surface area contributed by atoms with Gasteiger partial charge in [-0.25, -0.2) is 10.2 Å². The van der Waals surface area contributed by atoms with E-state index in [9.17, 15) is 9.59 Å². The molecule has 1 atom stereocenters. The molecule has 0 saturated carbocycles. The number of thiophene rings is 1. The van der Waals surface area contributed by atoms with E-state index in [0.717, 1.165) is 22.5 Å². The number of benzene rings is 1. The normalized spacial score (nSPS) is 12.6. The summed E-state index contributed by atoms with van der Waals surface area (Å²) in [6, 6.07) is 8.85. The Kier molecular flexibility index (Phi) is 5.93. The molecule has 2 N–H and O–H groups in total. The minimum absolute atomic E-state index is 0.225. The van der Waals surface area contributed by atoms with Crippen LogP contribution in [0.4, 0.5) is 0 Å². The first-order valence-corrected chi connectivity index (χ1v) is 8.51. The molecule has 1 aromatic heterocycles. The summed E-state index contributed by atoms with van der Waals surface area (Å²) in [7, 11) is 0. The van der Waals surface area contributed by atoms with Gasteiger partial charge in [0.25, 0.3) is 5.91 Å². The van der Waals surface area contributed by atoms with Crippen LogP contribution in [0.25, 0.3) is 0 Å². The highest BCUT2D eigenvalue weighted by Gasteiger charge is 2.16. The van der Waals surface area contributed by atoms with Crippen LogP contribution in [-0.2, 0) is 4.79 Å². The van der Waals surface area contributed by atoms with Gasteiger partial charge in [-0.1, -0.05) is 12.1 Å². The van der Waals surface area contributed by atoms with Gasteiger partial charge in [0.2, 0.25) is 0 Å². The summed E-state index contributed by atoms with van der Waals surface area (Å²) < 4.78 is 5.70. The Labute approximate surface area is 150 Å². The van der Waals surface area contributed by atoms with Crippen molar-refractivity contribution in [2.45, 2.75) is 33.8 Å². The molecule has 0 aliphatic heterocycles. The predicted octanol–water partition coefficient (Wildman–Crippen LogP) is 3.37. The quantitative estimate of drug-likeness (QED) is 0.611. The average Bonchev–Trinajstić information content (AvgIpc) is 3.06. The van der Waals surface area contributed by atoms with Crippen LogP contribution in [0.1, 0.15) is 39.5 Å². The van der Waals surface area contributed by atoms with Gasteiger partial charge in [0, 0.05) is 0 Å². The van der Waals surface area contributed by atoms with Crippen molar-refractivity contribution >= 4 is 28.9 Å². The molecule has 0 radical (unpaired) electrons. The van der Waals surface area contributed by atoms with Gasteiger partial charge in [-0.3, -0.25) is 4.79 Å². The number of amides is 1. The van der Waals surface area contributed by atoms with Crippen molar-refractivity contribution in [1.82, 2.24) is 5.43 Å². The Hall–Kier alpha value is -2.67. The Morgan fingerprint density at radius 2 is 1.88 bits per heavy atom. The number of carbonyl (C=O) groups is 2. The molecule has 0 bridgehead atoms. The highest BCUT2D eigenvalue weighted by Crippen LogP contribution is 2.22. The van der Waals surface area contributed by atoms with Crippen LogP contribution in [-0.4, -0.2) is 28.8 Å². The van der Waals surface area contributed by atoms with E-state index in [4.69, 9.17) is 9.84 Å². The standard InChI is InChI=1S/C18H20N2O4S/c1-10-6-5-7-14(11(10)2)24-13(4)17(21)20-19-12(3)15-8-9-16(25-15)18(22)23/h5-9,13H,1-4H3,(H,20,21)(H,22,23)/b19-12-/t13-/m0/s1. The van der Waals surface area contributed by atoms with Crippen molar-refractivity contribution < 1.29 is 19.4 Å². The van der Waals surface area contributed by atoms with E-state index in [1.807, 2.05) is 32.0 Å². The molecule has 0 aliphatic rings. The minimum atomic E-state index is -0.983. The third kappa shape index (κ3) is 4.67. The summed E-state index contributed by atoms with van der Waals surface area (Å²) in [4.78, 5) is 24.0. The summed E-state index contributed by atoms with van der Waals surface area (Å²) in [6.45, 7) is 7.27. The van der Waals surface area contributed by atoms with Crippen molar-refractivity contribution in [3.05, 3.63) is 51.2 Å². The second kappa shape index (κ2) is 7.94. The maximum atomic E-state index is 12.2.